The van der Waals surface area contributed by atoms with Crippen molar-refractivity contribution >= 4 is 0 Å². The van der Waals surface area contributed by atoms with Crippen LogP contribution in [0.3, 0.4) is 0 Å². The molecule has 0 radical (unpaired) electrons. The largest absolute Gasteiger partial charge is 0.381 e. The molecule has 0 aromatic carbocycles. The van der Waals surface area contributed by atoms with E-state index in [0.717, 1.165) is 19.8 Å². The standard InChI is InChI=1S/C12H25NO2/c1-5-15-12(2,3)11(13-4)10-7-6-8-14-9-10/h10-11,13H,5-9H2,1-4H3. The van der Waals surface area contributed by atoms with E-state index in [-0.39, 0.29) is 5.60 Å². The number of rotatable bonds is 5. The summed E-state index contributed by atoms with van der Waals surface area (Å²) in [6.07, 6.45) is 2.41. The molecule has 0 spiro atoms. The molecule has 2 atom stereocenters. The SMILES string of the molecule is CCOC(C)(C)C(NC)C1CCCOC1. The summed E-state index contributed by atoms with van der Waals surface area (Å²) < 4.78 is 11.4. The lowest BCUT2D eigenvalue weighted by atomic mass is 9.83. The zero-order valence-corrected chi connectivity index (χ0v) is 10.5. The van der Waals surface area contributed by atoms with E-state index in [1.807, 2.05) is 14.0 Å². The number of hydrogen-bond donors (Lipinski definition) is 1. The molecule has 1 saturated heterocycles. The minimum atomic E-state index is -0.116. The predicted molar refractivity (Wildman–Crippen MR) is 62.1 cm³/mol. The first-order chi connectivity index (χ1) is 7.11. The van der Waals surface area contributed by atoms with E-state index in [2.05, 4.69) is 19.2 Å². The van der Waals surface area contributed by atoms with Gasteiger partial charge in [0.25, 0.3) is 0 Å². The normalized spacial score (nSPS) is 25.2. The molecule has 0 amide bonds. The molecule has 0 aliphatic carbocycles. The maximum Gasteiger partial charge on any atom is 0.0782 e. The van der Waals surface area contributed by atoms with Gasteiger partial charge in [-0.3, -0.25) is 0 Å². The Morgan fingerprint density at radius 1 is 1.53 bits per heavy atom. The molecular formula is C12H25NO2. The summed E-state index contributed by atoms with van der Waals surface area (Å²) >= 11 is 0. The second-order valence-corrected chi connectivity index (χ2v) is 4.78. The summed E-state index contributed by atoms with van der Waals surface area (Å²) in [7, 11) is 2.01. The molecule has 3 nitrogen and oxygen atoms in total. The third-order valence-electron chi connectivity index (χ3n) is 3.24. The molecule has 0 aromatic heterocycles. The Hall–Kier alpha value is -0.120. The Morgan fingerprint density at radius 2 is 2.27 bits per heavy atom. The second-order valence-electron chi connectivity index (χ2n) is 4.78. The van der Waals surface area contributed by atoms with Gasteiger partial charge in [0, 0.05) is 25.2 Å². The van der Waals surface area contributed by atoms with Gasteiger partial charge in [-0.05, 0) is 40.7 Å². The van der Waals surface area contributed by atoms with Gasteiger partial charge in [-0.2, -0.15) is 0 Å². The van der Waals surface area contributed by atoms with E-state index in [4.69, 9.17) is 9.47 Å². The highest BCUT2D eigenvalue weighted by atomic mass is 16.5. The average Bonchev–Trinajstić information content (AvgIpc) is 2.19. The van der Waals surface area contributed by atoms with Crippen LogP contribution in [0.15, 0.2) is 0 Å². The highest BCUT2D eigenvalue weighted by Crippen LogP contribution is 2.27. The van der Waals surface area contributed by atoms with Crippen molar-refractivity contribution in [3.63, 3.8) is 0 Å². The van der Waals surface area contributed by atoms with Gasteiger partial charge in [0.15, 0.2) is 0 Å². The second kappa shape index (κ2) is 5.83. The van der Waals surface area contributed by atoms with Crippen LogP contribution in [-0.2, 0) is 9.47 Å². The van der Waals surface area contributed by atoms with Crippen molar-refractivity contribution in [2.45, 2.75) is 45.3 Å². The van der Waals surface area contributed by atoms with Crippen molar-refractivity contribution in [3.05, 3.63) is 0 Å². The van der Waals surface area contributed by atoms with E-state index < -0.39 is 0 Å². The van der Waals surface area contributed by atoms with Crippen LogP contribution in [0.4, 0.5) is 0 Å². The number of hydrogen-bond acceptors (Lipinski definition) is 3. The molecule has 1 N–H and O–H groups in total. The van der Waals surface area contributed by atoms with Gasteiger partial charge in [-0.15, -0.1) is 0 Å². The van der Waals surface area contributed by atoms with Crippen LogP contribution in [0, 0.1) is 5.92 Å². The zero-order chi connectivity index (χ0) is 11.3. The molecule has 0 aromatic rings. The average molecular weight is 215 g/mol. The number of ether oxygens (including phenoxy) is 2. The molecule has 1 aliphatic rings. The molecular weight excluding hydrogens is 190 g/mol. The minimum absolute atomic E-state index is 0.116. The van der Waals surface area contributed by atoms with Crippen LogP contribution in [0.2, 0.25) is 0 Å². The van der Waals surface area contributed by atoms with Crippen molar-refractivity contribution < 1.29 is 9.47 Å². The van der Waals surface area contributed by atoms with Crippen LogP contribution < -0.4 is 5.32 Å². The topological polar surface area (TPSA) is 30.5 Å². The Bertz CT molecular complexity index is 176. The van der Waals surface area contributed by atoms with Crippen molar-refractivity contribution in [3.8, 4) is 0 Å². The Morgan fingerprint density at radius 3 is 2.73 bits per heavy atom. The van der Waals surface area contributed by atoms with Gasteiger partial charge in [0.2, 0.25) is 0 Å². The first-order valence-electron chi connectivity index (χ1n) is 6.00. The maximum atomic E-state index is 5.82. The Kier molecular flexibility index (Phi) is 5.03. The van der Waals surface area contributed by atoms with Gasteiger partial charge in [-0.1, -0.05) is 0 Å². The van der Waals surface area contributed by atoms with Crippen molar-refractivity contribution in [2.75, 3.05) is 26.9 Å². The van der Waals surface area contributed by atoms with E-state index in [1.54, 1.807) is 0 Å². The predicted octanol–water partition coefficient (Wildman–Crippen LogP) is 1.82. The third-order valence-corrected chi connectivity index (χ3v) is 3.24. The minimum Gasteiger partial charge on any atom is -0.381 e. The lowest BCUT2D eigenvalue weighted by Crippen LogP contribution is -2.53. The van der Waals surface area contributed by atoms with Crippen LogP contribution in [0.25, 0.3) is 0 Å². The molecule has 90 valence electrons. The molecule has 0 bridgehead atoms. The fourth-order valence-electron chi connectivity index (χ4n) is 2.64. The highest BCUT2D eigenvalue weighted by molar-refractivity contribution is 4.91. The molecule has 0 saturated carbocycles. The molecule has 1 heterocycles. The van der Waals surface area contributed by atoms with Gasteiger partial charge < -0.3 is 14.8 Å². The first-order valence-corrected chi connectivity index (χ1v) is 6.00. The van der Waals surface area contributed by atoms with Gasteiger partial charge >= 0.3 is 0 Å². The van der Waals surface area contributed by atoms with E-state index in [9.17, 15) is 0 Å². The van der Waals surface area contributed by atoms with Crippen LogP contribution in [0.1, 0.15) is 33.6 Å². The monoisotopic (exact) mass is 215 g/mol. The molecule has 15 heavy (non-hydrogen) atoms. The molecule has 2 unspecified atom stereocenters. The zero-order valence-electron chi connectivity index (χ0n) is 10.5. The summed E-state index contributed by atoms with van der Waals surface area (Å²) in [6, 6.07) is 0.373. The smallest absolute Gasteiger partial charge is 0.0782 e. The fraction of sp³-hybridized carbons (Fsp3) is 1.00. The highest BCUT2D eigenvalue weighted by Gasteiger charge is 2.36. The van der Waals surface area contributed by atoms with Crippen molar-refractivity contribution in [2.24, 2.45) is 5.92 Å². The lowest BCUT2D eigenvalue weighted by Gasteiger charge is -2.40. The van der Waals surface area contributed by atoms with Gasteiger partial charge in [0.05, 0.1) is 12.2 Å². The first kappa shape index (κ1) is 12.9. The van der Waals surface area contributed by atoms with Crippen LogP contribution in [-0.4, -0.2) is 38.5 Å². The fourth-order valence-corrected chi connectivity index (χ4v) is 2.64. The molecule has 1 rings (SSSR count). The van der Waals surface area contributed by atoms with Crippen LogP contribution >= 0.6 is 0 Å². The summed E-state index contributed by atoms with van der Waals surface area (Å²) in [5, 5.41) is 3.39. The van der Waals surface area contributed by atoms with Gasteiger partial charge in [0.1, 0.15) is 0 Å². The summed E-state index contributed by atoms with van der Waals surface area (Å²) in [4.78, 5) is 0. The van der Waals surface area contributed by atoms with E-state index in [0.29, 0.717) is 12.0 Å². The Labute approximate surface area is 93.5 Å². The summed E-state index contributed by atoms with van der Waals surface area (Å²) in [6.45, 7) is 8.91. The third kappa shape index (κ3) is 3.44. The quantitative estimate of drug-likeness (QED) is 0.759. The lowest BCUT2D eigenvalue weighted by molar-refractivity contribution is -0.0724. The van der Waals surface area contributed by atoms with E-state index in [1.165, 1.54) is 12.8 Å². The number of likely N-dealkylation sites (N-methyl/N-ethyl adjacent to an activating group) is 1. The summed E-state index contributed by atoms with van der Waals surface area (Å²) in [5.74, 6) is 0.574. The molecule has 1 fully saturated rings. The summed E-state index contributed by atoms with van der Waals surface area (Å²) in [5.41, 5.74) is -0.116. The number of nitrogens with one attached hydrogen (secondary N) is 1. The van der Waals surface area contributed by atoms with Gasteiger partial charge in [-0.25, -0.2) is 0 Å². The molecule has 3 heteroatoms. The van der Waals surface area contributed by atoms with Crippen molar-refractivity contribution in [1.82, 2.24) is 5.32 Å². The maximum absolute atomic E-state index is 5.82. The van der Waals surface area contributed by atoms with Crippen molar-refractivity contribution in [1.29, 1.82) is 0 Å². The van der Waals surface area contributed by atoms with Crippen LogP contribution in [0.5, 0.6) is 0 Å². The Balaban J connectivity index is 2.59. The molecule has 1 aliphatic heterocycles. The van der Waals surface area contributed by atoms with E-state index >= 15 is 0 Å².